The van der Waals surface area contributed by atoms with Crippen molar-refractivity contribution in [2.24, 2.45) is 5.73 Å². The highest BCUT2D eigenvalue weighted by molar-refractivity contribution is 4.86. The van der Waals surface area contributed by atoms with E-state index in [1.54, 1.807) is 0 Å². The van der Waals surface area contributed by atoms with E-state index in [4.69, 9.17) is 19.9 Å². The molecular formula is C15H30N2O3. The monoisotopic (exact) mass is 286 g/mol. The van der Waals surface area contributed by atoms with Crippen LogP contribution in [0.5, 0.6) is 0 Å². The normalized spacial score (nSPS) is 35.2. The first-order valence-electron chi connectivity index (χ1n) is 7.69. The van der Waals surface area contributed by atoms with Gasteiger partial charge >= 0.3 is 0 Å². The van der Waals surface area contributed by atoms with Crippen LogP contribution in [0.1, 0.15) is 47.0 Å². The van der Waals surface area contributed by atoms with E-state index < -0.39 is 5.79 Å². The minimum atomic E-state index is -0.505. The van der Waals surface area contributed by atoms with Gasteiger partial charge in [-0.25, -0.2) is 0 Å². The quantitative estimate of drug-likeness (QED) is 0.805. The first-order valence-corrected chi connectivity index (χ1v) is 7.69. The van der Waals surface area contributed by atoms with Gasteiger partial charge in [-0.1, -0.05) is 6.92 Å². The smallest absolute Gasteiger partial charge is 0.187 e. The summed E-state index contributed by atoms with van der Waals surface area (Å²) >= 11 is 0. The lowest BCUT2D eigenvalue weighted by atomic mass is 9.96. The maximum Gasteiger partial charge on any atom is 0.187 e. The molecular weight excluding hydrogens is 256 g/mol. The van der Waals surface area contributed by atoms with E-state index in [0.717, 1.165) is 32.4 Å². The second-order valence-electron chi connectivity index (χ2n) is 7.06. The van der Waals surface area contributed by atoms with Gasteiger partial charge in [0.25, 0.3) is 0 Å². The van der Waals surface area contributed by atoms with Gasteiger partial charge in [0.15, 0.2) is 12.1 Å². The lowest BCUT2D eigenvalue weighted by molar-refractivity contribution is -0.205. The third-order valence-electron chi connectivity index (χ3n) is 4.35. The van der Waals surface area contributed by atoms with E-state index in [1.165, 1.54) is 0 Å². The van der Waals surface area contributed by atoms with Gasteiger partial charge in [-0.2, -0.15) is 0 Å². The predicted molar refractivity (Wildman–Crippen MR) is 78.3 cm³/mol. The van der Waals surface area contributed by atoms with Gasteiger partial charge in [0, 0.05) is 18.5 Å². The zero-order chi connectivity index (χ0) is 15.0. The maximum absolute atomic E-state index is 6.18. The van der Waals surface area contributed by atoms with Gasteiger partial charge in [0.1, 0.15) is 6.10 Å². The Morgan fingerprint density at radius 1 is 1.35 bits per heavy atom. The number of hydrogen-bond donors (Lipinski definition) is 1. The molecule has 2 aliphatic heterocycles. The van der Waals surface area contributed by atoms with Gasteiger partial charge in [-0.15, -0.1) is 0 Å². The van der Waals surface area contributed by atoms with Crippen molar-refractivity contribution in [2.45, 2.75) is 76.8 Å². The second kappa shape index (κ2) is 5.89. The minimum absolute atomic E-state index is 0.0719. The Balaban J connectivity index is 1.71. The van der Waals surface area contributed by atoms with Crippen LogP contribution in [-0.4, -0.2) is 54.9 Å². The van der Waals surface area contributed by atoms with E-state index in [0.29, 0.717) is 0 Å². The Bertz CT molecular complexity index is 317. The topological polar surface area (TPSA) is 57.0 Å². The number of fused-ring (bicyclic) bond motifs is 1. The molecule has 0 spiro atoms. The van der Waals surface area contributed by atoms with Crippen LogP contribution in [-0.2, 0) is 14.2 Å². The summed E-state index contributed by atoms with van der Waals surface area (Å²) in [5, 5.41) is 0. The number of nitrogens with zero attached hydrogens (tertiary/aromatic N) is 1. The van der Waals surface area contributed by atoms with Crippen LogP contribution in [0, 0.1) is 0 Å². The second-order valence-corrected chi connectivity index (χ2v) is 7.06. The molecule has 2 heterocycles. The van der Waals surface area contributed by atoms with Gasteiger partial charge in [0.2, 0.25) is 0 Å². The van der Waals surface area contributed by atoms with Crippen molar-refractivity contribution in [2.75, 3.05) is 20.1 Å². The average molecular weight is 286 g/mol. The van der Waals surface area contributed by atoms with Crippen molar-refractivity contribution in [3.05, 3.63) is 0 Å². The maximum atomic E-state index is 6.18. The Kier molecular flexibility index (Phi) is 4.76. The summed E-state index contributed by atoms with van der Waals surface area (Å²) in [6.07, 6.45) is 2.99. The molecule has 0 aromatic carbocycles. The first kappa shape index (κ1) is 16.2. The van der Waals surface area contributed by atoms with Crippen LogP contribution in [0.3, 0.4) is 0 Å². The Morgan fingerprint density at radius 3 is 2.65 bits per heavy atom. The summed E-state index contributed by atoms with van der Waals surface area (Å²) in [5.74, 6) is -0.505. The molecule has 0 amide bonds. The van der Waals surface area contributed by atoms with Crippen molar-refractivity contribution in [1.82, 2.24) is 4.90 Å². The number of nitrogens with two attached hydrogens (primary N) is 1. The Hall–Kier alpha value is -0.200. The molecule has 0 bridgehead atoms. The van der Waals surface area contributed by atoms with Crippen molar-refractivity contribution < 1.29 is 14.2 Å². The van der Waals surface area contributed by atoms with Crippen LogP contribution in [0.25, 0.3) is 0 Å². The van der Waals surface area contributed by atoms with Gasteiger partial charge in [0.05, 0.1) is 6.10 Å². The van der Waals surface area contributed by atoms with Crippen molar-refractivity contribution >= 4 is 0 Å². The highest BCUT2D eigenvalue weighted by atomic mass is 16.8. The summed E-state index contributed by atoms with van der Waals surface area (Å²) in [6.45, 7) is 10.0. The van der Waals surface area contributed by atoms with Gasteiger partial charge in [-0.3, -0.25) is 0 Å². The zero-order valence-corrected chi connectivity index (χ0v) is 13.5. The molecule has 20 heavy (non-hydrogen) atoms. The van der Waals surface area contributed by atoms with Crippen LogP contribution in [0.4, 0.5) is 0 Å². The summed E-state index contributed by atoms with van der Waals surface area (Å²) in [4.78, 5) is 2.29. The lowest BCUT2D eigenvalue weighted by Gasteiger charge is -2.28. The lowest BCUT2D eigenvalue weighted by Crippen LogP contribution is -2.40. The molecule has 0 radical (unpaired) electrons. The van der Waals surface area contributed by atoms with Crippen molar-refractivity contribution in [1.29, 1.82) is 0 Å². The van der Waals surface area contributed by atoms with Crippen molar-refractivity contribution in [3.63, 3.8) is 0 Å². The highest BCUT2D eigenvalue weighted by Crippen LogP contribution is 2.37. The van der Waals surface area contributed by atoms with Crippen LogP contribution in [0.15, 0.2) is 0 Å². The van der Waals surface area contributed by atoms with E-state index >= 15 is 0 Å². The molecule has 2 saturated heterocycles. The molecule has 5 nitrogen and oxygen atoms in total. The molecule has 2 aliphatic rings. The van der Waals surface area contributed by atoms with Crippen LogP contribution >= 0.6 is 0 Å². The molecule has 0 saturated carbocycles. The number of hydrogen-bond acceptors (Lipinski definition) is 5. The number of rotatable bonds is 6. The van der Waals surface area contributed by atoms with E-state index in [9.17, 15) is 0 Å². The molecule has 118 valence electrons. The first-order chi connectivity index (χ1) is 9.21. The average Bonchev–Trinajstić information content (AvgIpc) is 2.79. The van der Waals surface area contributed by atoms with Crippen LogP contribution in [0.2, 0.25) is 0 Å². The summed E-state index contributed by atoms with van der Waals surface area (Å²) in [6, 6.07) is 0. The summed E-state index contributed by atoms with van der Waals surface area (Å²) < 4.78 is 17.5. The fourth-order valence-electron chi connectivity index (χ4n) is 2.76. The Labute approximate surface area is 122 Å². The SMILES string of the molecule is CCC(C)(N)CCN(C)C[C@H]1C[C@H]2OC(C)(C)O[C@H]2O1. The fourth-order valence-corrected chi connectivity index (χ4v) is 2.76. The number of likely N-dealkylation sites (N-methyl/N-ethyl adjacent to an activating group) is 1. The molecule has 2 N–H and O–H groups in total. The van der Waals surface area contributed by atoms with E-state index in [1.807, 2.05) is 13.8 Å². The summed E-state index contributed by atoms with van der Waals surface area (Å²) in [7, 11) is 2.12. The van der Waals surface area contributed by atoms with Crippen molar-refractivity contribution in [3.8, 4) is 0 Å². The molecule has 1 unspecified atom stereocenters. The predicted octanol–water partition coefficient (Wildman–Crippen LogP) is 1.70. The third kappa shape index (κ3) is 4.15. The van der Waals surface area contributed by atoms with Crippen LogP contribution < -0.4 is 5.73 Å². The standard InChI is InChI=1S/C15H30N2O3/c1-6-15(4,16)7-8-17(5)10-11-9-12-13(18-11)20-14(2,3)19-12/h11-13H,6-10,16H2,1-5H3/t11-,12-,13-,15?/m1/s1. The zero-order valence-electron chi connectivity index (χ0n) is 13.5. The molecule has 2 rings (SSSR count). The molecule has 2 fully saturated rings. The van der Waals surface area contributed by atoms with E-state index in [-0.39, 0.29) is 24.0 Å². The molecule has 4 atom stereocenters. The molecule has 0 aliphatic carbocycles. The van der Waals surface area contributed by atoms with Gasteiger partial charge in [-0.05, 0) is 47.2 Å². The Morgan fingerprint density at radius 2 is 2.05 bits per heavy atom. The molecule has 0 aromatic heterocycles. The van der Waals surface area contributed by atoms with E-state index in [2.05, 4.69) is 25.8 Å². The largest absolute Gasteiger partial charge is 0.345 e. The van der Waals surface area contributed by atoms with Gasteiger partial charge < -0.3 is 24.8 Å². The third-order valence-corrected chi connectivity index (χ3v) is 4.35. The fraction of sp³-hybridized carbons (Fsp3) is 1.00. The summed E-state index contributed by atoms with van der Waals surface area (Å²) in [5.41, 5.74) is 6.11. The minimum Gasteiger partial charge on any atom is -0.345 e. The molecule has 0 aromatic rings. The highest BCUT2D eigenvalue weighted by Gasteiger charge is 2.48. The molecule has 5 heteroatoms. The number of ether oxygens (including phenoxy) is 3.